The molecular formula is C12H19N3O2. The SMILES string of the molecule is C1CC(Cc2noc(CNCC3CC3)n2)CO1. The number of rotatable bonds is 6. The molecule has 1 aromatic rings. The van der Waals surface area contributed by atoms with E-state index in [1.807, 2.05) is 0 Å². The maximum absolute atomic E-state index is 5.34. The summed E-state index contributed by atoms with van der Waals surface area (Å²) in [5.74, 6) is 2.98. The van der Waals surface area contributed by atoms with Crippen LogP contribution in [0.1, 0.15) is 31.0 Å². The van der Waals surface area contributed by atoms with Crippen LogP contribution < -0.4 is 5.32 Å². The zero-order valence-corrected chi connectivity index (χ0v) is 10.0. The fourth-order valence-electron chi connectivity index (χ4n) is 2.15. The van der Waals surface area contributed by atoms with E-state index in [-0.39, 0.29) is 0 Å². The largest absolute Gasteiger partial charge is 0.381 e. The van der Waals surface area contributed by atoms with Gasteiger partial charge in [0.25, 0.3) is 0 Å². The molecule has 0 bridgehead atoms. The average molecular weight is 237 g/mol. The third kappa shape index (κ3) is 3.26. The van der Waals surface area contributed by atoms with Gasteiger partial charge in [0.05, 0.1) is 6.54 Å². The van der Waals surface area contributed by atoms with Crippen molar-refractivity contribution in [1.82, 2.24) is 15.5 Å². The molecule has 17 heavy (non-hydrogen) atoms. The molecule has 1 aromatic heterocycles. The molecule has 0 aromatic carbocycles. The van der Waals surface area contributed by atoms with Crippen molar-refractivity contribution in [3.63, 3.8) is 0 Å². The van der Waals surface area contributed by atoms with Crippen molar-refractivity contribution in [2.75, 3.05) is 19.8 Å². The molecule has 1 saturated carbocycles. The lowest BCUT2D eigenvalue weighted by Gasteiger charge is -2.01. The normalized spacial score (nSPS) is 24.4. The Morgan fingerprint density at radius 2 is 2.18 bits per heavy atom. The van der Waals surface area contributed by atoms with Crippen LogP contribution in [0.4, 0.5) is 0 Å². The van der Waals surface area contributed by atoms with Crippen molar-refractivity contribution in [2.45, 2.75) is 32.2 Å². The third-order valence-electron chi connectivity index (χ3n) is 3.41. The smallest absolute Gasteiger partial charge is 0.240 e. The number of hydrogen-bond acceptors (Lipinski definition) is 5. The van der Waals surface area contributed by atoms with E-state index in [4.69, 9.17) is 9.26 Å². The lowest BCUT2D eigenvalue weighted by molar-refractivity contribution is 0.185. The second-order valence-corrected chi connectivity index (χ2v) is 5.11. The Hall–Kier alpha value is -0.940. The highest BCUT2D eigenvalue weighted by Crippen LogP contribution is 2.27. The van der Waals surface area contributed by atoms with Crippen LogP contribution >= 0.6 is 0 Å². The van der Waals surface area contributed by atoms with E-state index in [9.17, 15) is 0 Å². The van der Waals surface area contributed by atoms with Crippen molar-refractivity contribution in [2.24, 2.45) is 11.8 Å². The van der Waals surface area contributed by atoms with Gasteiger partial charge < -0.3 is 14.6 Å². The first-order chi connectivity index (χ1) is 8.40. The summed E-state index contributed by atoms with van der Waals surface area (Å²) < 4.78 is 10.5. The number of nitrogens with zero attached hydrogens (tertiary/aromatic N) is 2. The first kappa shape index (κ1) is 11.2. The maximum Gasteiger partial charge on any atom is 0.240 e. The van der Waals surface area contributed by atoms with Gasteiger partial charge in [-0.1, -0.05) is 5.16 Å². The summed E-state index contributed by atoms with van der Waals surface area (Å²) in [6.45, 7) is 3.49. The molecule has 94 valence electrons. The van der Waals surface area contributed by atoms with E-state index in [1.54, 1.807) is 0 Å². The van der Waals surface area contributed by atoms with Crippen LogP contribution in [0.15, 0.2) is 4.52 Å². The van der Waals surface area contributed by atoms with Gasteiger partial charge in [-0.2, -0.15) is 4.98 Å². The molecule has 1 N–H and O–H groups in total. The van der Waals surface area contributed by atoms with Crippen LogP contribution in [-0.4, -0.2) is 29.9 Å². The van der Waals surface area contributed by atoms with Crippen molar-refractivity contribution in [3.8, 4) is 0 Å². The molecule has 5 nitrogen and oxygen atoms in total. The molecule has 0 amide bonds. The molecule has 1 unspecified atom stereocenters. The Morgan fingerprint density at radius 3 is 2.94 bits per heavy atom. The quantitative estimate of drug-likeness (QED) is 0.804. The maximum atomic E-state index is 5.34. The lowest BCUT2D eigenvalue weighted by Crippen LogP contribution is -2.16. The van der Waals surface area contributed by atoms with Crippen LogP contribution in [0.2, 0.25) is 0 Å². The number of ether oxygens (including phenoxy) is 1. The Labute approximate surface area is 101 Å². The first-order valence-electron chi connectivity index (χ1n) is 6.50. The minimum atomic E-state index is 0.569. The van der Waals surface area contributed by atoms with Crippen LogP contribution in [0.5, 0.6) is 0 Å². The zero-order chi connectivity index (χ0) is 11.5. The summed E-state index contributed by atoms with van der Waals surface area (Å²) in [4.78, 5) is 4.40. The van der Waals surface area contributed by atoms with E-state index in [2.05, 4.69) is 15.5 Å². The molecule has 0 spiro atoms. The Balaban J connectivity index is 1.43. The van der Waals surface area contributed by atoms with Gasteiger partial charge in [0.2, 0.25) is 5.89 Å². The molecule has 0 radical (unpaired) electrons. The Bertz CT molecular complexity index is 356. The van der Waals surface area contributed by atoms with Gasteiger partial charge in [-0.25, -0.2) is 0 Å². The number of aromatic nitrogens is 2. The molecule has 1 aliphatic carbocycles. The molecule has 2 aliphatic rings. The minimum Gasteiger partial charge on any atom is -0.381 e. The van der Waals surface area contributed by atoms with Gasteiger partial charge in [-0.15, -0.1) is 0 Å². The van der Waals surface area contributed by atoms with Gasteiger partial charge in [0.15, 0.2) is 5.82 Å². The highest BCUT2D eigenvalue weighted by molar-refractivity contribution is 4.89. The van der Waals surface area contributed by atoms with Gasteiger partial charge in [-0.05, 0) is 37.6 Å². The van der Waals surface area contributed by atoms with E-state index in [0.717, 1.165) is 44.3 Å². The summed E-state index contributed by atoms with van der Waals surface area (Å²) in [6.07, 6.45) is 4.73. The Morgan fingerprint density at radius 1 is 1.24 bits per heavy atom. The van der Waals surface area contributed by atoms with Crippen molar-refractivity contribution < 1.29 is 9.26 Å². The number of nitrogens with one attached hydrogen (secondary N) is 1. The molecular weight excluding hydrogens is 218 g/mol. The summed E-state index contributed by atoms with van der Waals surface area (Å²) in [7, 11) is 0. The van der Waals surface area contributed by atoms with E-state index < -0.39 is 0 Å². The van der Waals surface area contributed by atoms with Crippen molar-refractivity contribution in [1.29, 1.82) is 0 Å². The summed E-state index contributed by atoms with van der Waals surface area (Å²) in [5, 5.41) is 7.36. The average Bonchev–Trinajstić information content (AvgIpc) is 2.83. The standard InChI is InChI=1S/C12H19N3O2/c1-2-9(1)6-13-7-12-14-11(15-17-12)5-10-3-4-16-8-10/h9-10,13H,1-8H2. The van der Waals surface area contributed by atoms with Gasteiger partial charge in [0.1, 0.15) is 0 Å². The van der Waals surface area contributed by atoms with Crippen LogP contribution in [0, 0.1) is 11.8 Å². The monoisotopic (exact) mass is 237 g/mol. The number of hydrogen-bond donors (Lipinski definition) is 1. The predicted octanol–water partition coefficient (Wildman–Crippen LogP) is 1.15. The highest BCUT2D eigenvalue weighted by Gasteiger charge is 2.21. The molecule has 2 heterocycles. The summed E-state index contributed by atoms with van der Waals surface area (Å²) >= 11 is 0. The molecule has 1 aliphatic heterocycles. The van der Waals surface area contributed by atoms with E-state index in [0.29, 0.717) is 18.4 Å². The zero-order valence-electron chi connectivity index (χ0n) is 10.0. The molecule has 3 rings (SSSR count). The van der Waals surface area contributed by atoms with Gasteiger partial charge in [0, 0.05) is 19.6 Å². The van der Waals surface area contributed by atoms with Crippen LogP contribution in [0.3, 0.4) is 0 Å². The summed E-state index contributed by atoms with van der Waals surface area (Å²) in [5.41, 5.74) is 0. The highest BCUT2D eigenvalue weighted by atomic mass is 16.5. The topological polar surface area (TPSA) is 60.2 Å². The fraction of sp³-hybridized carbons (Fsp3) is 0.833. The predicted molar refractivity (Wildman–Crippen MR) is 61.4 cm³/mol. The van der Waals surface area contributed by atoms with Gasteiger partial charge in [-0.3, -0.25) is 0 Å². The lowest BCUT2D eigenvalue weighted by atomic mass is 10.1. The summed E-state index contributed by atoms with van der Waals surface area (Å²) in [6, 6.07) is 0. The second kappa shape index (κ2) is 5.14. The molecule has 1 atom stereocenters. The minimum absolute atomic E-state index is 0.569. The van der Waals surface area contributed by atoms with Crippen LogP contribution in [-0.2, 0) is 17.7 Å². The Kier molecular flexibility index (Phi) is 3.38. The van der Waals surface area contributed by atoms with Gasteiger partial charge >= 0.3 is 0 Å². The second-order valence-electron chi connectivity index (χ2n) is 5.11. The fourth-order valence-corrected chi connectivity index (χ4v) is 2.15. The molecule has 5 heteroatoms. The van der Waals surface area contributed by atoms with Crippen molar-refractivity contribution in [3.05, 3.63) is 11.7 Å². The first-order valence-corrected chi connectivity index (χ1v) is 6.50. The van der Waals surface area contributed by atoms with Crippen LogP contribution in [0.25, 0.3) is 0 Å². The van der Waals surface area contributed by atoms with E-state index in [1.165, 1.54) is 12.8 Å². The van der Waals surface area contributed by atoms with E-state index >= 15 is 0 Å². The van der Waals surface area contributed by atoms with Crippen molar-refractivity contribution >= 4 is 0 Å². The molecule has 1 saturated heterocycles. The third-order valence-corrected chi connectivity index (χ3v) is 3.41. The molecule has 2 fully saturated rings.